The minimum absolute atomic E-state index is 0.0449. The lowest BCUT2D eigenvalue weighted by atomic mass is 9.88. The molecule has 2 aromatic heterocycles. The molecule has 2 fully saturated rings. The van der Waals surface area contributed by atoms with E-state index in [2.05, 4.69) is 16.7 Å². The Bertz CT molecular complexity index is 2020. The fraction of sp³-hybridized carbons (Fsp3) is 0.419. The van der Waals surface area contributed by atoms with Crippen LogP contribution in [0.4, 0.5) is 27.8 Å². The van der Waals surface area contributed by atoms with Crippen molar-refractivity contribution < 1.29 is 31.5 Å². The van der Waals surface area contributed by atoms with Gasteiger partial charge in [-0.1, -0.05) is 6.58 Å². The quantitative estimate of drug-likeness (QED) is 0.227. The van der Waals surface area contributed by atoms with E-state index in [1.165, 1.54) is 17.7 Å². The van der Waals surface area contributed by atoms with E-state index in [0.29, 0.717) is 11.8 Å². The second-order valence-corrected chi connectivity index (χ2v) is 13.4. The zero-order valence-corrected chi connectivity index (χ0v) is 25.9. The predicted molar refractivity (Wildman–Crippen MR) is 163 cm³/mol. The number of thioether (sulfide) groups is 1. The molecule has 46 heavy (non-hydrogen) atoms. The van der Waals surface area contributed by atoms with Gasteiger partial charge in [0.15, 0.2) is 0 Å². The van der Waals surface area contributed by atoms with Crippen molar-refractivity contribution in [2.75, 3.05) is 37.0 Å². The number of halogens is 5. The summed E-state index contributed by atoms with van der Waals surface area (Å²) in [6.07, 6.45) is -2.63. The summed E-state index contributed by atoms with van der Waals surface area (Å²) >= 11 is 1.10. The van der Waals surface area contributed by atoms with E-state index >= 15 is 17.6 Å². The summed E-state index contributed by atoms with van der Waals surface area (Å²) in [5, 5.41) is 3.95. The maximum absolute atomic E-state index is 15.9. The number of hydrogen-bond donors (Lipinski definition) is 0. The Hall–Kier alpha value is -3.98. The second kappa shape index (κ2) is 10.5. The first-order valence-electron chi connectivity index (χ1n) is 14.6. The van der Waals surface area contributed by atoms with Crippen LogP contribution in [0.25, 0.3) is 32.9 Å². The van der Waals surface area contributed by atoms with Gasteiger partial charge < -0.3 is 14.5 Å². The zero-order chi connectivity index (χ0) is 32.9. The van der Waals surface area contributed by atoms with Crippen LogP contribution in [-0.4, -0.2) is 74.3 Å². The van der Waals surface area contributed by atoms with Crippen LogP contribution in [0.15, 0.2) is 40.7 Å². The molecule has 2 aromatic carbocycles. The Kier molecular flexibility index (Phi) is 7.01. The average molecular weight is 661 g/mol. The van der Waals surface area contributed by atoms with Gasteiger partial charge in [0.2, 0.25) is 5.91 Å². The molecule has 15 heteroatoms. The van der Waals surface area contributed by atoms with E-state index in [1.807, 2.05) is 0 Å². The molecular weight excluding hydrogens is 631 g/mol. The van der Waals surface area contributed by atoms with Gasteiger partial charge in [-0.2, -0.15) is 23.3 Å². The smallest absolute Gasteiger partial charge is 0.380 e. The molecule has 0 unspecified atom stereocenters. The number of fused-ring (bicyclic) bond motifs is 1. The molecule has 1 spiro atoms. The molecule has 0 saturated carbocycles. The number of aromatic nitrogens is 4. The van der Waals surface area contributed by atoms with Gasteiger partial charge in [-0.05, 0) is 26.0 Å². The largest absolute Gasteiger partial charge is 0.417 e. The Balaban J connectivity index is 1.58. The van der Waals surface area contributed by atoms with Gasteiger partial charge >= 0.3 is 11.9 Å². The maximum atomic E-state index is 15.9. The fourth-order valence-electron chi connectivity index (χ4n) is 6.91. The third kappa shape index (κ3) is 4.53. The number of anilines is 1. The molecule has 3 aliphatic heterocycles. The van der Waals surface area contributed by atoms with Crippen molar-refractivity contribution in [2.45, 2.75) is 43.5 Å². The molecule has 2 saturated heterocycles. The summed E-state index contributed by atoms with van der Waals surface area (Å²) < 4.78 is 84.5. The van der Waals surface area contributed by atoms with Gasteiger partial charge in [0, 0.05) is 77.4 Å². The minimum Gasteiger partial charge on any atom is -0.380 e. The standard InChI is InChI=1S/C31H29F5N6O3S/c1-5-22(43)40-9-16(3)41(10-15(40)2)28-17-6-19(31(34,35)36)23(24-21(33)7-20(32)18-8-37-39(4)25(18)24)27-26(17)42(29(44)38-28)11-30(14-46-27)12-45-13-30/h5-8,15-16H,1,9-14H2,2-4H3/t15-,16+/m1/s1. The van der Waals surface area contributed by atoms with Crippen LogP contribution in [0, 0.1) is 17.0 Å². The molecule has 4 aromatic rings. The topological polar surface area (TPSA) is 85.5 Å². The first-order chi connectivity index (χ1) is 21.7. The minimum atomic E-state index is -4.98. The summed E-state index contributed by atoms with van der Waals surface area (Å²) in [7, 11) is 1.40. The summed E-state index contributed by atoms with van der Waals surface area (Å²) in [6, 6.07) is 0.702. The van der Waals surface area contributed by atoms with Crippen molar-refractivity contribution in [3.05, 3.63) is 58.7 Å². The van der Waals surface area contributed by atoms with E-state index < -0.39 is 51.6 Å². The summed E-state index contributed by atoms with van der Waals surface area (Å²) in [4.78, 5) is 34.2. The van der Waals surface area contributed by atoms with Crippen LogP contribution in [-0.2, 0) is 29.3 Å². The molecule has 5 heterocycles. The number of amides is 1. The second-order valence-electron chi connectivity index (χ2n) is 12.4. The van der Waals surface area contributed by atoms with Gasteiger partial charge in [-0.3, -0.25) is 14.0 Å². The number of benzene rings is 2. The number of hydrogen-bond acceptors (Lipinski definition) is 7. The molecule has 2 atom stereocenters. The van der Waals surface area contributed by atoms with E-state index in [4.69, 9.17) is 4.74 Å². The molecule has 0 N–H and O–H groups in total. The van der Waals surface area contributed by atoms with Crippen molar-refractivity contribution in [1.82, 2.24) is 24.2 Å². The lowest BCUT2D eigenvalue weighted by Crippen LogP contribution is -2.58. The third-order valence-corrected chi connectivity index (χ3v) is 10.7. The number of piperazine rings is 1. The Morgan fingerprint density at radius 2 is 1.83 bits per heavy atom. The highest BCUT2D eigenvalue weighted by atomic mass is 32.2. The number of carbonyl (C=O) groups excluding carboxylic acids is 1. The molecule has 7 rings (SSSR count). The van der Waals surface area contributed by atoms with Gasteiger partial charge in [-0.15, -0.1) is 11.8 Å². The fourth-order valence-corrected chi connectivity index (χ4v) is 8.33. The molecule has 0 radical (unpaired) electrons. The van der Waals surface area contributed by atoms with Gasteiger partial charge in [0.05, 0.1) is 41.4 Å². The highest BCUT2D eigenvalue weighted by Gasteiger charge is 2.45. The first kappa shape index (κ1) is 30.7. The van der Waals surface area contributed by atoms with Crippen LogP contribution < -0.4 is 10.6 Å². The number of aryl methyl sites for hydroxylation is 1. The van der Waals surface area contributed by atoms with Crippen molar-refractivity contribution in [1.29, 1.82) is 0 Å². The van der Waals surface area contributed by atoms with Crippen LogP contribution in [0.5, 0.6) is 0 Å². The molecule has 0 aliphatic carbocycles. The highest BCUT2D eigenvalue weighted by Crippen LogP contribution is 2.52. The van der Waals surface area contributed by atoms with Gasteiger partial charge in [0.25, 0.3) is 0 Å². The molecule has 1 amide bonds. The van der Waals surface area contributed by atoms with Crippen LogP contribution in [0.1, 0.15) is 19.4 Å². The SMILES string of the molecule is C=CC(=O)N1C[C@H](C)N(c2nc(=O)n3c4c(c(-c5c(F)cc(F)c6cnn(C)c56)c(C(F)(F)F)cc24)SCC2(COC2)C3)C[C@H]1C. The maximum Gasteiger partial charge on any atom is 0.417 e. The van der Waals surface area contributed by atoms with E-state index in [-0.39, 0.29) is 77.3 Å². The number of alkyl halides is 3. The average Bonchev–Trinajstić information content (AvgIpc) is 3.25. The lowest BCUT2D eigenvalue weighted by Gasteiger charge is -2.44. The molecule has 3 aliphatic rings. The Labute approximate surface area is 263 Å². The first-order valence-corrected chi connectivity index (χ1v) is 15.6. The number of nitrogens with zero attached hydrogens (tertiary/aromatic N) is 6. The lowest BCUT2D eigenvalue weighted by molar-refractivity contribution is -0.137. The van der Waals surface area contributed by atoms with E-state index in [0.717, 1.165) is 28.7 Å². The van der Waals surface area contributed by atoms with Crippen molar-refractivity contribution in [3.63, 3.8) is 0 Å². The number of ether oxygens (including phenoxy) is 1. The van der Waals surface area contributed by atoms with Gasteiger partial charge in [-0.25, -0.2) is 13.6 Å². The highest BCUT2D eigenvalue weighted by molar-refractivity contribution is 7.99. The normalized spacial score (nSPS) is 21.1. The molecular formula is C31H29F5N6O3S. The number of rotatable bonds is 3. The van der Waals surface area contributed by atoms with Crippen LogP contribution in [0.2, 0.25) is 0 Å². The zero-order valence-electron chi connectivity index (χ0n) is 25.1. The molecule has 9 nitrogen and oxygen atoms in total. The van der Waals surface area contributed by atoms with Crippen molar-refractivity contribution in [2.24, 2.45) is 12.5 Å². The molecule has 242 valence electrons. The van der Waals surface area contributed by atoms with Crippen LogP contribution >= 0.6 is 11.8 Å². The van der Waals surface area contributed by atoms with Gasteiger partial charge in [0.1, 0.15) is 17.5 Å². The van der Waals surface area contributed by atoms with Crippen molar-refractivity contribution >= 4 is 45.3 Å². The monoisotopic (exact) mass is 660 g/mol. The Morgan fingerprint density at radius 1 is 1.09 bits per heavy atom. The third-order valence-electron chi connectivity index (χ3n) is 9.23. The summed E-state index contributed by atoms with van der Waals surface area (Å²) in [6.45, 7) is 8.29. The van der Waals surface area contributed by atoms with E-state index in [1.54, 1.807) is 23.6 Å². The van der Waals surface area contributed by atoms with Crippen molar-refractivity contribution in [3.8, 4) is 11.1 Å². The Morgan fingerprint density at radius 3 is 2.48 bits per heavy atom. The molecule has 0 bridgehead atoms. The summed E-state index contributed by atoms with van der Waals surface area (Å²) in [5.74, 6) is -2.08. The summed E-state index contributed by atoms with van der Waals surface area (Å²) in [5.41, 5.74) is -3.26. The van der Waals surface area contributed by atoms with Crippen LogP contribution in [0.3, 0.4) is 0 Å². The van der Waals surface area contributed by atoms with E-state index in [9.17, 15) is 14.0 Å². The predicted octanol–water partition coefficient (Wildman–Crippen LogP) is 4.98. The number of carbonyl (C=O) groups is 1.